The molecule has 0 bridgehead atoms. The van der Waals surface area contributed by atoms with Crippen molar-refractivity contribution in [3.05, 3.63) is 0 Å². The third-order valence-corrected chi connectivity index (χ3v) is 3.45. The number of hydrogen-bond donors (Lipinski definition) is 0. The van der Waals surface area contributed by atoms with E-state index in [9.17, 15) is 4.79 Å². The zero-order valence-corrected chi connectivity index (χ0v) is 9.89. The topological polar surface area (TPSA) is 20.3 Å². The van der Waals surface area contributed by atoms with Crippen LogP contribution in [0, 0.1) is 5.92 Å². The molecule has 2 atom stereocenters. The van der Waals surface area contributed by atoms with E-state index < -0.39 is 0 Å². The van der Waals surface area contributed by atoms with Gasteiger partial charge in [-0.15, -0.1) is 11.6 Å². The molecular weight excluding hydrogens is 198 g/mol. The molecule has 0 aliphatic carbocycles. The van der Waals surface area contributed by atoms with Crippen LogP contribution in [0.3, 0.4) is 0 Å². The Kier molecular flexibility index (Phi) is 4.73. The first-order valence-electron chi connectivity index (χ1n) is 5.54. The second-order valence-electron chi connectivity index (χ2n) is 4.26. The molecule has 2 nitrogen and oxygen atoms in total. The van der Waals surface area contributed by atoms with Crippen LogP contribution in [0.5, 0.6) is 0 Å². The van der Waals surface area contributed by atoms with E-state index in [1.165, 1.54) is 0 Å². The zero-order chi connectivity index (χ0) is 10.6. The first-order chi connectivity index (χ1) is 6.69. The average molecular weight is 218 g/mol. The number of carbonyl (C=O) groups is 1. The van der Waals surface area contributed by atoms with Crippen molar-refractivity contribution in [2.24, 2.45) is 5.92 Å². The van der Waals surface area contributed by atoms with Crippen LogP contribution in [-0.4, -0.2) is 29.3 Å². The summed E-state index contributed by atoms with van der Waals surface area (Å²) in [5.41, 5.74) is 0. The molecule has 0 aromatic carbocycles. The van der Waals surface area contributed by atoms with Crippen molar-refractivity contribution in [3.8, 4) is 0 Å². The molecule has 1 amide bonds. The lowest BCUT2D eigenvalue weighted by atomic mass is 10.0. The van der Waals surface area contributed by atoms with Gasteiger partial charge in [-0.1, -0.05) is 20.3 Å². The third-order valence-electron chi connectivity index (χ3n) is 3.10. The zero-order valence-electron chi connectivity index (χ0n) is 9.13. The minimum atomic E-state index is 0.294. The van der Waals surface area contributed by atoms with Gasteiger partial charge in [-0.25, -0.2) is 0 Å². The van der Waals surface area contributed by atoms with Crippen LogP contribution < -0.4 is 0 Å². The highest BCUT2D eigenvalue weighted by Crippen LogP contribution is 2.21. The summed E-state index contributed by atoms with van der Waals surface area (Å²) in [7, 11) is 0. The van der Waals surface area contributed by atoms with Gasteiger partial charge in [-0.05, 0) is 18.8 Å². The molecule has 0 aromatic heterocycles. The van der Waals surface area contributed by atoms with E-state index in [4.69, 9.17) is 11.6 Å². The Labute approximate surface area is 91.6 Å². The molecule has 82 valence electrons. The minimum Gasteiger partial charge on any atom is -0.339 e. The van der Waals surface area contributed by atoms with E-state index in [0.717, 1.165) is 25.8 Å². The van der Waals surface area contributed by atoms with Gasteiger partial charge in [0.05, 0.1) is 0 Å². The van der Waals surface area contributed by atoms with Crippen molar-refractivity contribution in [1.82, 2.24) is 4.90 Å². The molecule has 1 heterocycles. The Balaban J connectivity index is 2.43. The monoisotopic (exact) mass is 217 g/mol. The van der Waals surface area contributed by atoms with Gasteiger partial charge < -0.3 is 4.90 Å². The minimum absolute atomic E-state index is 0.294. The molecule has 0 aromatic rings. The molecule has 1 saturated heterocycles. The summed E-state index contributed by atoms with van der Waals surface area (Å²) in [6.45, 7) is 5.16. The number of carbonyl (C=O) groups excluding carboxylic acids is 1. The van der Waals surface area contributed by atoms with E-state index >= 15 is 0 Å². The number of rotatable bonds is 4. The predicted octanol–water partition coefficient (Wildman–Crippen LogP) is 2.65. The maximum Gasteiger partial charge on any atom is 0.223 e. The standard InChI is InChI=1S/C11H20ClNO/c1-3-9(2)7-11(14)13-6-4-5-10(13)8-12/h9-10H,3-8H2,1-2H3. The predicted molar refractivity (Wildman–Crippen MR) is 59.5 cm³/mol. The summed E-state index contributed by atoms with van der Waals surface area (Å²) < 4.78 is 0. The van der Waals surface area contributed by atoms with Crippen LogP contribution in [0.2, 0.25) is 0 Å². The van der Waals surface area contributed by atoms with Crippen LogP contribution in [0.4, 0.5) is 0 Å². The third kappa shape index (κ3) is 2.88. The number of hydrogen-bond acceptors (Lipinski definition) is 1. The second kappa shape index (κ2) is 5.59. The molecule has 1 rings (SSSR count). The van der Waals surface area contributed by atoms with Crippen LogP contribution in [0.1, 0.15) is 39.5 Å². The molecule has 0 spiro atoms. The van der Waals surface area contributed by atoms with Gasteiger partial charge in [0.1, 0.15) is 0 Å². The largest absolute Gasteiger partial charge is 0.339 e. The number of alkyl halides is 1. The van der Waals surface area contributed by atoms with Gasteiger partial charge in [0.25, 0.3) is 0 Å². The molecule has 1 fully saturated rings. The Hall–Kier alpha value is -0.240. The van der Waals surface area contributed by atoms with Crippen molar-refractivity contribution < 1.29 is 4.79 Å². The summed E-state index contributed by atoms with van der Waals surface area (Å²) in [5, 5.41) is 0. The Morgan fingerprint density at radius 3 is 2.93 bits per heavy atom. The lowest BCUT2D eigenvalue weighted by molar-refractivity contribution is -0.132. The van der Waals surface area contributed by atoms with Crippen molar-refractivity contribution in [2.75, 3.05) is 12.4 Å². The number of amides is 1. The highest BCUT2D eigenvalue weighted by atomic mass is 35.5. The second-order valence-corrected chi connectivity index (χ2v) is 4.56. The molecule has 1 aliphatic heterocycles. The fourth-order valence-electron chi connectivity index (χ4n) is 1.88. The molecular formula is C11H20ClNO. The quantitative estimate of drug-likeness (QED) is 0.663. The maximum atomic E-state index is 11.9. The van der Waals surface area contributed by atoms with Crippen molar-refractivity contribution in [2.45, 2.75) is 45.6 Å². The van der Waals surface area contributed by atoms with Crippen molar-refractivity contribution in [3.63, 3.8) is 0 Å². The lowest BCUT2D eigenvalue weighted by Crippen LogP contribution is -2.37. The summed E-state index contributed by atoms with van der Waals surface area (Å²) in [4.78, 5) is 13.8. The Morgan fingerprint density at radius 1 is 1.64 bits per heavy atom. The first kappa shape index (κ1) is 11.8. The van der Waals surface area contributed by atoms with E-state index in [1.807, 2.05) is 4.90 Å². The summed E-state index contributed by atoms with van der Waals surface area (Å²) in [5.74, 6) is 1.38. The van der Waals surface area contributed by atoms with Crippen LogP contribution in [-0.2, 0) is 4.79 Å². The van der Waals surface area contributed by atoms with E-state index in [2.05, 4.69) is 13.8 Å². The molecule has 2 unspecified atom stereocenters. The normalized spacial score (nSPS) is 23.9. The summed E-state index contributed by atoms with van der Waals surface area (Å²) >= 11 is 5.82. The number of halogens is 1. The molecule has 0 radical (unpaired) electrons. The van der Waals surface area contributed by atoms with Gasteiger partial charge in [0.15, 0.2) is 0 Å². The van der Waals surface area contributed by atoms with Gasteiger partial charge in [-0.2, -0.15) is 0 Å². The maximum absolute atomic E-state index is 11.9. The van der Waals surface area contributed by atoms with Crippen molar-refractivity contribution >= 4 is 17.5 Å². The lowest BCUT2D eigenvalue weighted by Gasteiger charge is -2.24. The average Bonchev–Trinajstić information content (AvgIpc) is 2.65. The highest BCUT2D eigenvalue weighted by Gasteiger charge is 2.27. The van der Waals surface area contributed by atoms with Gasteiger partial charge in [0.2, 0.25) is 5.91 Å². The van der Waals surface area contributed by atoms with Crippen molar-refractivity contribution in [1.29, 1.82) is 0 Å². The van der Waals surface area contributed by atoms with Gasteiger partial charge in [-0.3, -0.25) is 4.79 Å². The summed E-state index contributed by atoms with van der Waals surface area (Å²) in [6, 6.07) is 0.299. The molecule has 14 heavy (non-hydrogen) atoms. The number of nitrogens with zero attached hydrogens (tertiary/aromatic N) is 1. The number of likely N-dealkylation sites (tertiary alicyclic amines) is 1. The highest BCUT2D eigenvalue weighted by molar-refractivity contribution is 6.18. The van der Waals surface area contributed by atoms with Crippen LogP contribution in [0.15, 0.2) is 0 Å². The van der Waals surface area contributed by atoms with Crippen LogP contribution >= 0.6 is 11.6 Å². The van der Waals surface area contributed by atoms with Gasteiger partial charge in [0, 0.05) is 24.9 Å². The van der Waals surface area contributed by atoms with E-state index in [0.29, 0.717) is 30.2 Å². The molecule has 1 aliphatic rings. The molecule has 0 N–H and O–H groups in total. The smallest absolute Gasteiger partial charge is 0.223 e. The van der Waals surface area contributed by atoms with E-state index in [1.54, 1.807) is 0 Å². The fourth-order valence-corrected chi connectivity index (χ4v) is 2.21. The first-order valence-corrected chi connectivity index (χ1v) is 6.07. The SMILES string of the molecule is CCC(C)CC(=O)N1CCCC1CCl. The summed E-state index contributed by atoms with van der Waals surface area (Å²) in [6.07, 6.45) is 3.95. The fraction of sp³-hybridized carbons (Fsp3) is 0.909. The van der Waals surface area contributed by atoms with E-state index in [-0.39, 0.29) is 0 Å². The Bertz CT molecular complexity index is 196. The van der Waals surface area contributed by atoms with Crippen LogP contribution in [0.25, 0.3) is 0 Å². The molecule has 0 saturated carbocycles. The molecule has 3 heteroatoms. The van der Waals surface area contributed by atoms with Gasteiger partial charge >= 0.3 is 0 Å². The Morgan fingerprint density at radius 2 is 2.36 bits per heavy atom.